The van der Waals surface area contributed by atoms with Gasteiger partial charge >= 0.3 is 0 Å². The fraction of sp³-hybridized carbons (Fsp3) is 0.600. The number of methoxy groups -OCH3 is 1. The maximum Gasteiger partial charge on any atom is 0.120 e. The van der Waals surface area contributed by atoms with Gasteiger partial charge in [-0.25, -0.2) is 0 Å². The van der Waals surface area contributed by atoms with Crippen molar-refractivity contribution in [2.24, 2.45) is 13.0 Å². The number of fused-ring (bicyclic) bond motifs is 1. The molecular formula is C20H31N3O. The van der Waals surface area contributed by atoms with Crippen LogP contribution in [0.3, 0.4) is 0 Å². The highest BCUT2D eigenvalue weighted by Gasteiger charge is 2.16. The number of nitrogens with zero attached hydrogens (tertiary/aromatic N) is 2. The lowest BCUT2D eigenvalue weighted by Gasteiger charge is -2.29. The van der Waals surface area contributed by atoms with Crippen LogP contribution < -0.4 is 10.1 Å². The molecule has 1 aromatic carbocycles. The average Bonchev–Trinajstić information content (AvgIpc) is 2.94. The first-order chi connectivity index (χ1) is 11.7. The smallest absolute Gasteiger partial charge is 0.120 e. The molecule has 24 heavy (non-hydrogen) atoms. The number of benzene rings is 1. The van der Waals surface area contributed by atoms with Crippen LogP contribution in [0.2, 0.25) is 0 Å². The number of rotatable bonds is 7. The molecule has 0 unspecified atom stereocenters. The number of piperidine rings is 1. The third-order valence-corrected chi connectivity index (χ3v) is 5.40. The fourth-order valence-electron chi connectivity index (χ4n) is 3.86. The Bertz CT molecular complexity index is 658. The van der Waals surface area contributed by atoms with Gasteiger partial charge in [0, 0.05) is 37.8 Å². The van der Waals surface area contributed by atoms with Gasteiger partial charge in [0.2, 0.25) is 0 Å². The molecular weight excluding hydrogens is 298 g/mol. The molecule has 0 bridgehead atoms. The molecule has 1 N–H and O–H groups in total. The minimum Gasteiger partial charge on any atom is -0.497 e. The summed E-state index contributed by atoms with van der Waals surface area (Å²) in [7, 11) is 3.85. The predicted octanol–water partition coefficient (Wildman–Crippen LogP) is 3.05. The van der Waals surface area contributed by atoms with Crippen molar-refractivity contribution in [3.63, 3.8) is 0 Å². The largest absolute Gasteiger partial charge is 0.497 e. The lowest BCUT2D eigenvalue weighted by molar-refractivity contribution is 0.216. The summed E-state index contributed by atoms with van der Waals surface area (Å²) in [4.78, 5) is 2.62. The molecule has 3 rings (SSSR count). The predicted molar refractivity (Wildman–Crippen MR) is 101 cm³/mol. The zero-order chi connectivity index (χ0) is 16.9. The van der Waals surface area contributed by atoms with Gasteiger partial charge in [-0.2, -0.15) is 0 Å². The van der Waals surface area contributed by atoms with E-state index >= 15 is 0 Å². The van der Waals surface area contributed by atoms with Crippen molar-refractivity contribution in [2.45, 2.75) is 26.2 Å². The summed E-state index contributed by atoms with van der Waals surface area (Å²) in [5.74, 6) is 1.79. The highest BCUT2D eigenvalue weighted by Crippen LogP contribution is 2.25. The maximum absolute atomic E-state index is 5.36. The number of aromatic nitrogens is 1. The second kappa shape index (κ2) is 8.04. The molecule has 132 valence electrons. The van der Waals surface area contributed by atoms with E-state index in [0.717, 1.165) is 31.2 Å². The van der Waals surface area contributed by atoms with Crippen LogP contribution in [-0.4, -0.2) is 49.3 Å². The van der Waals surface area contributed by atoms with Crippen molar-refractivity contribution in [1.29, 1.82) is 0 Å². The Morgan fingerprint density at radius 3 is 2.79 bits per heavy atom. The van der Waals surface area contributed by atoms with Gasteiger partial charge in [0.25, 0.3) is 0 Å². The van der Waals surface area contributed by atoms with Gasteiger partial charge in [0.15, 0.2) is 0 Å². The highest BCUT2D eigenvalue weighted by atomic mass is 16.5. The molecule has 4 heteroatoms. The van der Waals surface area contributed by atoms with Crippen molar-refractivity contribution >= 4 is 10.9 Å². The molecule has 0 spiro atoms. The van der Waals surface area contributed by atoms with E-state index in [4.69, 9.17) is 4.74 Å². The van der Waals surface area contributed by atoms with Gasteiger partial charge in [-0.1, -0.05) is 6.92 Å². The Labute approximate surface area is 145 Å². The first kappa shape index (κ1) is 17.3. The Morgan fingerprint density at radius 1 is 1.29 bits per heavy atom. The van der Waals surface area contributed by atoms with Gasteiger partial charge in [0.05, 0.1) is 12.6 Å². The zero-order valence-corrected chi connectivity index (χ0v) is 15.3. The number of nitrogens with one attached hydrogen (secondary N) is 1. The molecule has 0 radical (unpaired) electrons. The molecule has 0 aliphatic carbocycles. The second-order valence-corrected chi connectivity index (χ2v) is 6.98. The van der Waals surface area contributed by atoms with Crippen LogP contribution in [0, 0.1) is 5.92 Å². The molecule has 2 aromatic rings. The third-order valence-electron chi connectivity index (χ3n) is 5.40. The molecule has 1 saturated heterocycles. The van der Waals surface area contributed by atoms with Crippen molar-refractivity contribution in [3.05, 3.63) is 30.0 Å². The zero-order valence-electron chi connectivity index (χ0n) is 15.3. The Kier molecular flexibility index (Phi) is 5.80. The van der Waals surface area contributed by atoms with Crippen LogP contribution in [0.5, 0.6) is 5.75 Å². The summed E-state index contributed by atoms with van der Waals surface area (Å²) in [6.07, 6.45) is 6.04. The molecule has 1 fully saturated rings. The summed E-state index contributed by atoms with van der Waals surface area (Å²) in [5.41, 5.74) is 2.70. The maximum atomic E-state index is 5.36. The van der Waals surface area contributed by atoms with E-state index in [2.05, 4.69) is 53.2 Å². The third kappa shape index (κ3) is 3.93. The Hall–Kier alpha value is -1.52. The monoisotopic (exact) mass is 329 g/mol. The molecule has 4 nitrogen and oxygen atoms in total. The number of hydrogen-bond acceptors (Lipinski definition) is 3. The Morgan fingerprint density at radius 2 is 2.08 bits per heavy atom. The molecule has 0 saturated carbocycles. The van der Waals surface area contributed by atoms with E-state index in [9.17, 15) is 0 Å². The number of ether oxygens (including phenoxy) is 1. The van der Waals surface area contributed by atoms with Gasteiger partial charge in [-0.15, -0.1) is 0 Å². The SMILES string of the molecule is CCN(CCc1cn(C)c2cc(OC)ccc12)CC1CCNCC1. The summed E-state index contributed by atoms with van der Waals surface area (Å²) in [6, 6.07) is 6.40. The molecule has 0 atom stereocenters. The standard InChI is InChI=1S/C20H31N3O/c1-4-23(14-16-7-10-21-11-8-16)12-9-17-15-22(2)20-13-18(24-3)5-6-19(17)20/h5-6,13,15-16,21H,4,7-12,14H2,1-3H3. The first-order valence-electron chi connectivity index (χ1n) is 9.26. The first-order valence-corrected chi connectivity index (χ1v) is 9.26. The Balaban J connectivity index is 1.65. The summed E-state index contributed by atoms with van der Waals surface area (Å²) < 4.78 is 7.58. The lowest BCUT2D eigenvalue weighted by Crippen LogP contribution is -2.37. The van der Waals surface area contributed by atoms with Gasteiger partial charge in [-0.05, 0) is 62.5 Å². The summed E-state index contributed by atoms with van der Waals surface area (Å²) >= 11 is 0. The van der Waals surface area contributed by atoms with Crippen LogP contribution in [0.25, 0.3) is 10.9 Å². The van der Waals surface area contributed by atoms with E-state index in [-0.39, 0.29) is 0 Å². The van der Waals surface area contributed by atoms with E-state index in [0.29, 0.717) is 0 Å². The van der Waals surface area contributed by atoms with Crippen LogP contribution in [0.4, 0.5) is 0 Å². The molecule has 0 amide bonds. The molecule has 2 heterocycles. The van der Waals surface area contributed by atoms with Gasteiger partial charge in [-0.3, -0.25) is 0 Å². The molecule has 1 aliphatic rings. The van der Waals surface area contributed by atoms with Crippen LogP contribution in [0.15, 0.2) is 24.4 Å². The topological polar surface area (TPSA) is 29.4 Å². The fourth-order valence-corrected chi connectivity index (χ4v) is 3.86. The van der Waals surface area contributed by atoms with Gasteiger partial charge < -0.3 is 19.5 Å². The van der Waals surface area contributed by atoms with E-state index < -0.39 is 0 Å². The summed E-state index contributed by atoms with van der Waals surface area (Å²) in [6.45, 7) is 8.20. The van der Waals surface area contributed by atoms with Crippen LogP contribution >= 0.6 is 0 Å². The van der Waals surface area contributed by atoms with Crippen LogP contribution in [0.1, 0.15) is 25.3 Å². The number of likely N-dealkylation sites (N-methyl/N-ethyl adjacent to an activating group) is 1. The number of hydrogen-bond donors (Lipinski definition) is 1. The minimum absolute atomic E-state index is 0.864. The summed E-state index contributed by atoms with van der Waals surface area (Å²) in [5, 5.41) is 4.82. The van der Waals surface area contributed by atoms with E-state index in [1.807, 2.05) is 0 Å². The van der Waals surface area contributed by atoms with Crippen molar-refractivity contribution < 1.29 is 4.74 Å². The normalized spacial score (nSPS) is 16.2. The van der Waals surface area contributed by atoms with E-state index in [1.54, 1.807) is 7.11 Å². The highest BCUT2D eigenvalue weighted by molar-refractivity contribution is 5.85. The van der Waals surface area contributed by atoms with Crippen molar-refractivity contribution in [1.82, 2.24) is 14.8 Å². The molecule has 1 aromatic heterocycles. The molecule has 1 aliphatic heterocycles. The minimum atomic E-state index is 0.864. The lowest BCUT2D eigenvalue weighted by atomic mass is 9.97. The van der Waals surface area contributed by atoms with Crippen molar-refractivity contribution in [3.8, 4) is 5.75 Å². The van der Waals surface area contributed by atoms with E-state index in [1.165, 1.54) is 48.9 Å². The van der Waals surface area contributed by atoms with Crippen molar-refractivity contribution in [2.75, 3.05) is 39.8 Å². The number of aryl methyl sites for hydroxylation is 1. The second-order valence-electron chi connectivity index (χ2n) is 6.98. The van der Waals surface area contributed by atoms with Crippen LogP contribution in [-0.2, 0) is 13.5 Å². The average molecular weight is 329 g/mol. The quantitative estimate of drug-likeness (QED) is 0.846. The van der Waals surface area contributed by atoms with Gasteiger partial charge in [0.1, 0.15) is 5.75 Å².